The highest BCUT2D eigenvalue weighted by Crippen LogP contribution is 2.22. The van der Waals surface area contributed by atoms with Crippen LogP contribution in [0.3, 0.4) is 0 Å². The summed E-state index contributed by atoms with van der Waals surface area (Å²) >= 11 is 1.66. The van der Waals surface area contributed by atoms with Crippen LogP contribution in [-0.2, 0) is 13.2 Å². The third-order valence-corrected chi connectivity index (χ3v) is 3.69. The number of halogens is 1. The van der Waals surface area contributed by atoms with E-state index in [0.29, 0.717) is 19.1 Å². The normalized spacial score (nSPS) is 11.0. The number of hydrogen-bond acceptors (Lipinski definition) is 3. The zero-order valence-corrected chi connectivity index (χ0v) is 12.7. The lowest BCUT2D eigenvalue weighted by Crippen LogP contribution is -2.19. The van der Waals surface area contributed by atoms with Crippen LogP contribution in [0, 0.1) is 11.7 Å². The highest BCUT2D eigenvalue weighted by Gasteiger charge is 2.06. The van der Waals surface area contributed by atoms with E-state index >= 15 is 0 Å². The Morgan fingerprint density at radius 1 is 1.30 bits per heavy atom. The van der Waals surface area contributed by atoms with Gasteiger partial charge in [-0.15, -0.1) is 11.3 Å². The molecule has 108 valence electrons. The molecule has 0 radical (unpaired) electrons. The molecule has 2 rings (SSSR count). The standard InChI is InChI=1S/C16H20FNOS/c1-12(2)9-18-10-13-8-14(17)5-6-16(13)19-11-15-4-3-7-20-15/h3-8,12,18H,9-11H2,1-2H3. The number of rotatable bonds is 7. The molecule has 2 nitrogen and oxygen atoms in total. The van der Waals surface area contributed by atoms with E-state index in [4.69, 9.17) is 4.74 Å². The molecule has 0 amide bonds. The Balaban J connectivity index is 1.99. The molecule has 0 spiro atoms. The van der Waals surface area contributed by atoms with Crippen LogP contribution in [0.1, 0.15) is 24.3 Å². The van der Waals surface area contributed by atoms with Gasteiger partial charge in [0, 0.05) is 17.0 Å². The molecule has 0 saturated heterocycles. The van der Waals surface area contributed by atoms with Crippen molar-refractivity contribution in [2.24, 2.45) is 5.92 Å². The fraction of sp³-hybridized carbons (Fsp3) is 0.375. The summed E-state index contributed by atoms with van der Waals surface area (Å²) in [6.07, 6.45) is 0. The summed E-state index contributed by atoms with van der Waals surface area (Å²) in [6, 6.07) is 8.71. The molecule has 4 heteroatoms. The maximum atomic E-state index is 13.4. The summed E-state index contributed by atoms with van der Waals surface area (Å²) in [5, 5.41) is 5.34. The first-order valence-electron chi connectivity index (χ1n) is 6.79. The van der Waals surface area contributed by atoms with Crippen LogP contribution in [0.2, 0.25) is 0 Å². The van der Waals surface area contributed by atoms with Crippen LogP contribution < -0.4 is 10.1 Å². The lowest BCUT2D eigenvalue weighted by Gasteiger charge is -2.13. The van der Waals surface area contributed by atoms with Crippen molar-refractivity contribution in [3.8, 4) is 5.75 Å². The summed E-state index contributed by atoms with van der Waals surface area (Å²) in [4.78, 5) is 1.16. The predicted molar refractivity (Wildman–Crippen MR) is 81.6 cm³/mol. The van der Waals surface area contributed by atoms with E-state index in [9.17, 15) is 4.39 Å². The van der Waals surface area contributed by atoms with Gasteiger partial charge in [-0.1, -0.05) is 19.9 Å². The fourth-order valence-corrected chi connectivity index (χ4v) is 2.48. The fourth-order valence-electron chi connectivity index (χ4n) is 1.87. The summed E-state index contributed by atoms with van der Waals surface area (Å²) in [6.45, 7) is 6.34. The minimum absolute atomic E-state index is 0.227. The van der Waals surface area contributed by atoms with E-state index in [0.717, 1.165) is 22.7 Å². The van der Waals surface area contributed by atoms with E-state index in [1.54, 1.807) is 17.4 Å². The first-order chi connectivity index (χ1) is 9.65. The van der Waals surface area contributed by atoms with Crippen molar-refractivity contribution in [1.29, 1.82) is 0 Å². The molecule has 1 N–H and O–H groups in total. The highest BCUT2D eigenvalue weighted by molar-refractivity contribution is 7.09. The number of benzene rings is 1. The highest BCUT2D eigenvalue weighted by atomic mass is 32.1. The van der Waals surface area contributed by atoms with Crippen molar-refractivity contribution in [3.63, 3.8) is 0 Å². The molecule has 2 aromatic rings. The Morgan fingerprint density at radius 2 is 2.15 bits per heavy atom. The summed E-state index contributed by atoms with van der Waals surface area (Å²) in [5.41, 5.74) is 0.863. The van der Waals surface area contributed by atoms with Crippen LogP contribution in [0.15, 0.2) is 35.7 Å². The number of ether oxygens (including phenoxy) is 1. The van der Waals surface area contributed by atoms with Gasteiger partial charge in [0.15, 0.2) is 0 Å². The lowest BCUT2D eigenvalue weighted by atomic mass is 10.1. The maximum Gasteiger partial charge on any atom is 0.124 e. The van der Waals surface area contributed by atoms with Gasteiger partial charge >= 0.3 is 0 Å². The van der Waals surface area contributed by atoms with Crippen molar-refractivity contribution in [3.05, 3.63) is 52.0 Å². The third-order valence-electron chi connectivity index (χ3n) is 2.84. The van der Waals surface area contributed by atoms with E-state index in [1.165, 1.54) is 12.1 Å². The average molecular weight is 293 g/mol. The van der Waals surface area contributed by atoms with Gasteiger partial charge in [0.2, 0.25) is 0 Å². The van der Waals surface area contributed by atoms with Crippen LogP contribution in [-0.4, -0.2) is 6.54 Å². The Hall–Kier alpha value is -1.39. The average Bonchev–Trinajstić information content (AvgIpc) is 2.90. The Bertz CT molecular complexity index is 525. The summed E-state index contributed by atoms with van der Waals surface area (Å²) < 4.78 is 19.2. The molecule has 0 aliphatic carbocycles. The molecule has 0 unspecified atom stereocenters. The van der Waals surface area contributed by atoms with Gasteiger partial charge in [-0.3, -0.25) is 0 Å². The summed E-state index contributed by atoms with van der Waals surface area (Å²) in [5.74, 6) is 1.09. The van der Waals surface area contributed by atoms with Gasteiger partial charge < -0.3 is 10.1 Å². The third kappa shape index (κ3) is 4.62. The van der Waals surface area contributed by atoms with Gasteiger partial charge in [-0.05, 0) is 42.1 Å². The molecule has 0 atom stereocenters. The molecule has 1 heterocycles. The maximum absolute atomic E-state index is 13.4. The van der Waals surface area contributed by atoms with E-state index < -0.39 is 0 Å². The van der Waals surface area contributed by atoms with Gasteiger partial charge in [0.25, 0.3) is 0 Å². The molecule has 0 fully saturated rings. The molecule has 1 aromatic heterocycles. The second-order valence-corrected chi connectivity index (χ2v) is 6.18. The van der Waals surface area contributed by atoms with Gasteiger partial charge in [0.1, 0.15) is 18.2 Å². The van der Waals surface area contributed by atoms with Crippen LogP contribution in [0.4, 0.5) is 4.39 Å². The van der Waals surface area contributed by atoms with Gasteiger partial charge in [0.05, 0.1) is 0 Å². The van der Waals surface area contributed by atoms with Crippen molar-refractivity contribution in [1.82, 2.24) is 5.32 Å². The van der Waals surface area contributed by atoms with Crippen molar-refractivity contribution in [2.45, 2.75) is 27.0 Å². The zero-order chi connectivity index (χ0) is 14.4. The Kier molecular flexibility index (Phi) is 5.56. The minimum Gasteiger partial charge on any atom is -0.488 e. The molecule has 0 aliphatic heterocycles. The number of hydrogen-bond donors (Lipinski definition) is 1. The monoisotopic (exact) mass is 293 g/mol. The Labute approximate surface area is 123 Å². The molecule has 0 bridgehead atoms. The van der Waals surface area contributed by atoms with Crippen molar-refractivity contribution >= 4 is 11.3 Å². The molecular formula is C16H20FNOS. The molecule has 20 heavy (non-hydrogen) atoms. The van der Waals surface area contributed by atoms with Gasteiger partial charge in [-0.25, -0.2) is 4.39 Å². The lowest BCUT2D eigenvalue weighted by molar-refractivity contribution is 0.305. The first kappa shape index (κ1) is 15.0. The van der Waals surface area contributed by atoms with E-state index in [1.807, 2.05) is 17.5 Å². The van der Waals surface area contributed by atoms with Gasteiger partial charge in [-0.2, -0.15) is 0 Å². The smallest absolute Gasteiger partial charge is 0.124 e. The summed E-state index contributed by atoms with van der Waals surface area (Å²) in [7, 11) is 0. The van der Waals surface area contributed by atoms with E-state index in [2.05, 4.69) is 19.2 Å². The topological polar surface area (TPSA) is 21.3 Å². The predicted octanol–water partition coefficient (Wildman–Crippen LogP) is 4.21. The first-order valence-corrected chi connectivity index (χ1v) is 7.67. The minimum atomic E-state index is -0.227. The van der Waals surface area contributed by atoms with Crippen LogP contribution in [0.5, 0.6) is 5.75 Å². The molecule has 1 aromatic carbocycles. The molecular weight excluding hydrogens is 273 g/mol. The number of thiophene rings is 1. The quantitative estimate of drug-likeness (QED) is 0.825. The van der Waals surface area contributed by atoms with Crippen LogP contribution >= 0.6 is 11.3 Å². The van der Waals surface area contributed by atoms with Crippen LogP contribution in [0.25, 0.3) is 0 Å². The second-order valence-electron chi connectivity index (χ2n) is 5.14. The Morgan fingerprint density at radius 3 is 2.85 bits per heavy atom. The molecule has 0 aliphatic rings. The number of nitrogens with one attached hydrogen (secondary N) is 1. The van der Waals surface area contributed by atoms with Crippen molar-refractivity contribution < 1.29 is 9.13 Å². The zero-order valence-electron chi connectivity index (χ0n) is 11.9. The molecule has 0 saturated carbocycles. The van der Waals surface area contributed by atoms with E-state index in [-0.39, 0.29) is 5.82 Å². The van der Waals surface area contributed by atoms with Crippen molar-refractivity contribution in [2.75, 3.05) is 6.54 Å². The largest absolute Gasteiger partial charge is 0.488 e. The second kappa shape index (κ2) is 7.41. The SMILES string of the molecule is CC(C)CNCc1cc(F)ccc1OCc1cccs1.